The van der Waals surface area contributed by atoms with Crippen LogP contribution in [0.3, 0.4) is 0 Å². The number of amides is 1. The van der Waals surface area contributed by atoms with E-state index in [4.69, 9.17) is 16.3 Å². The number of hydrogen-bond acceptors (Lipinski definition) is 3. The van der Waals surface area contributed by atoms with Crippen molar-refractivity contribution in [1.82, 2.24) is 9.88 Å². The summed E-state index contributed by atoms with van der Waals surface area (Å²) in [6.07, 6.45) is 3.64. The summed E-state index contributed by atoms with van der Waals surface area (Å²) in [6, 6.07) is 11.0. The molecule has 1 saturated heterocycles. The van der Waals surface area contributed by atoms with E-state index >= 15 is 0 Å². The molecule has 1 fully saturated rings. The number of hydrogen-bond donors (Lipinski definition) is 0. The Morgan fingerprint density at radius 1 is 1.25 bits per heavy atom. The Morgan fingerprint density at radius 2 is 1.96 bits per heavy atom. The summed E-state index contributed by atoms with van der Waals surface area (Å²) in [5, 5.41) is 0.646. The molecule has 1 amide bonds. The lowest BCUT2D eigenvalue weighted by atomic mass is 9.97. The van der Waals surface area contributed by atoms with Gasteiger partial charge in [0.1, 0.15) is 0 Å². The van der Waals surface area contributed by atoms with Crippen LogP contribution in [0.2, 0.25) is 5.02 Å². The summed E-state index contributed by atoms with van der Waals surface area (Å²) in [5.41, 5.74) is 1.74. The molecular weight excluding hydrogens is 324 g/mol. The zero-order valence-electron chi connectivity index (χ0n) is 13.7. The van der Waals surface area contributed by atoms with Gasteiger partial charge in [0.25, 0.3) is 5.91 Å². The van der Waals surface area contributed by atoms with E-state index in [0.29, 0.717) is 29.0 Å². The third kappa shape index (κ3) is 4.06. The molecule has 126 valence electrons. The van der Waals surface area contributed by atoms with Crippen molar-refractivity contribution in [3.8, 4) is 5.88 Å². The van der Waals surface area contributed by atoms with Gasteiger partial charge in [0, 0.05) is 35.4 Å². The zero-order valence-corrected chi connectivity index (χ0v) is 14.5. The first-order valence-electron chi connectivity index (χ1n) is 8.23. The second-order valence-corrected chi connectivity index (χ2v) is 6.62. The van der Waals surface area contributed by atoms with Crippen molar-refractivity contribution in [1.29, 1.82) is 0 Å². The van der Waals surface area contributed by atoms with Crippen molar-refractivity contribution in [2.45, 2.75) is 19.8 Å². The number of likely N-dealkylation sites (tertiary alicyclic amines) is 1. The van der Waals surface area contributed by atoms with Crippen LogP contribution in [0, 0.1) is 12.8 Å². The summed E-state index contributed by atoms with van der Waals surface area (Å²) in [4.78, 5) is 18.6. The van der Waals surface area contributed by atoms with Crippen LogP contribution < -0.4 is 4.74 Å². The highest BCUT2D eigenvalue weighted by Gasteiger charge is 2.24. The molecule has 0 aliphatic carbocycles. The standard InChI is InChI=1S/C19H21ClN2O2/c1-14-3-2-10-21-18(14)24-13-15-8-11-22(12-9-15)19(23)16-4-6-17(20)7-5-16/h2-7,10,15H,8-9,11-13H2,1H3. The van der Waals surface area contributed by atoms with E-state index in [1.54, 1.807) is 30.5 Å². The maximum Gasteiger partial charge on any atom is 0.253 e. The van der Waals surface area contributed by atoms with Gasteiger partial charge in [0.05, 0.1) is 6.61 Å². The molecule has 3 rings (SSSR count). The largest absolute Gasteiger partial charge is 0.477 e. The monoisotopic (exact) mass is 344 g/mol. The molecule has 2 aromatic rings. The van der Waals surface area contributed by atoms with Gasteiger partial charge in [-0.1, -0.05) is 17.7 Å². The van der Waals surface area contributed by atoms with Crippen LogP contribution >= 0.6 is 11.6 Å². The number of carbonyl (C=O) groups excluding carboxylic acids is 1. The van der Waals surface area contributed by atoms with Crippen LogP contribution in [0.25, 0.3) is 0 Å². The van der Waals surface area contributed by atoms with E-state index in [-0.39, 0.29) is 5.91 Å². The second kappa shape index (κ2) is 7.67. The molecule has 24 heavy (non-hydrogen) atoms. The average molecular weight is 345 g/mol. The fourth-order valence-corrected chi connectivity index (χ4v) is 3.02. The van der Waals surface area contributed by atoms with Crippen LogP contribution in [0.1, 0.15) is 28.8 Å². The number of piperidine rings is 1. The van der Waals surface area contributed by atoms with Crippen molar-refractivity contribution in [3.63, 3.8) is 0 Å². The highest BCUT2D eigenvalue weighted by molar-refractivity contribution is 6.30. The number of aromatic nitrogens is 1. The summed E-state index contributed by atoms with van der Waals surface area (Å²) in [7, 11) is 0. The van der Waals surface area contributed by atoms with Gasteiger partial charge in [-0.2, -0.15) is 0 Å². The Kier molecular flexibility index (Phi) is 5.36. The maximum atomic E-state index is 12.5. The first-order chi connectivity index (χ1) is 11.6. The van der Waals surface area contributed by atoms with Crippen molar-refractivity contribution in [2.24, 2.45) is 5.92 Å². The SMILES string of the molecule is Cc1cccnc1OCC1CCN(C(=O)c2ccc(Cl)cc2)CC1. The molecule has 0 radical (unpaired) electrons. The van der Waals surface area contributed by atoms with E-state index in [2.05, 4.69) is 4.98 Å². The van der Waals surface area contributed by atoms with E-state index in [0.717, 1.165) is 31.5 Å². The highest BCUT2D eigenvalue weighted by atomic mass is 35.5. The average Bonchev–Trinajstić information content (AvgIpc) is 2.62. The molecule has 1 aliphatic rings. The Bertz CT molecular complexity index is 695. The molecular formula is C19H21ClN2O2. The van der Waals surface area contributed by atoms with Crippen molar-refractivity contribution < 1.29 is 9.53 Å². The van der Waals surface area contributed by atoms with Crippen molar-refractivity contribution in [3.05, 3.63) is 58.7 Å². The van der Waals surface area contributed by atoms with Gasteiger partial charge in [-0.15, -0.1) is 0 Å². The maximum absolute atomic E-state index is 12.5. The van der Waals surface area contributed by atoms with E-state index in [9.17, 15) is 4.79 Å². The fourth-order valence-electron chi connectivity index (χ4n) is 2.90. The van der Waals surface area contributed by atoms with Gasteiger partial charge in [0.15, 0.2) is 0 Å². The third-order valence-electron chi connectivity index (χ3n) is 4.41. The van der Waals surface area contributed by atoms with Gasteiger partial charge in [-0.3, -0.25) is 4.79 Å². The second-order valence-electron chi connectivity index (χ2n) is 6.18. The van der Waals surface area contributed by atoms with Gasteiger partial charge in [-0.05, 0) is 56.0 Å². The molecule has 0 saturated carbocycles. The Morgan fingerprint density at radius 3 is 2.62 bits per heavy atom. The van der Waals surface area contributed by atoms with Crippen LogP contribution in [-0.2, 0) is 0 Å². The molecule has 1 aromatic heterocycles. The normalized spacial score (nSPS) is 15.3. The van der Waals surface area contributed by atoms with Gasteiger partial charge < -0.3 is 9.64 Å². The summed E-state index contributed by atoms with van der Waals surface area (Å²) in [6.45, 7) is 4.17. The molecule has 0 N–H and O–H groups in total. The van der Waals surface area contributed by atoms with E-state index < -0.39 is 0 Å². The van der Waals surface area contributed by atoms with Crippen molar-refractivity contribution in [2.75, 3.05) is 19.7 Å². The molecule has 5 heteroatoms. The molecule has 0 unspecified atom stereocenters. The molecule has 0 atom stereocenters. The van der Waals surface area contributed by atoms with Crippen LogP contribution in [0.5, 0.6) is 5.88 Å². The smallest absolute Gasteiger partial charge is 0.253 e. The number of aryl methyl sites for hydroxylation is 1. The molecule has 2 heterocycles. The first-order valence-corrected chi connectivity index (χ1v) is 8.60. The topological polar surface area (TPSA) is 42.4 Å². The predicted molar refractivity (Wildman–Crippen MR) is 94.5 cm³/mol. The lowest BCUT2D eigenvalue weighted by Crippen LogP contribution is -2.39. The number of benzene rings is 1. The molecule has 0 spiro atoms. The number of carbonyl (C=O) groups is 1. The third-order valence-corrected chi connectivity index (χ3v) is 4.66. The summed E-state index contributed by atoms with van der Waals surface area (Å²) < 4.78 is 5.84. The van der Waals surface area contributed by atoms with Crippen molar-refractivity contribution >= 4 is 17.5 Å². The lowest BCUT2D eigenvalue weighted by Gasteiger charge is -2.32. The van der Waals surface area contributed by atoms with Crippen LogP contribution in [0.15, 0.2) is 42.6 Å². The van der Waals surface area contributed by atoms with E-state index in [1.165, 1.54) is 0 Å². The minimum absolute atomic E-state index is 0.0756. The molecule has 1 aliphatic heterocycles. The minimum atomic E-state index is 0.0756. The number of pyridine rings is 1. The minimum Gasteiger partial charge on any atom is -0.477 e. The highest BCUT2D eigenvalue weighted by Crippen LogP contribution is 2.22. The van der Waals surface area contributed by atoms with Crippen LogP contribution in [-0.4, -0.2) is 35.5 Å². The Hall–Kier alpha value is -2.07. The molecule has 0 bridgehead atoms. The Labute approximate surface area is 147 Å². The van der Waals surface area contributed by atoms with Gasteiger partial charge in [0.2, 0.25) is 5.88 Å². The lowest BCUT2D eigenvalue weighted by molar-refractivity contribution is 0.0659. The Balaban J connectivity index is 1.49. The summed E-state index contributed by atoms with van der Waals surface area (Å²) >= 11 is 5.87. The zero-order chi connectivity index (χ0) is 16.9. The quantitative estimate of drug-likeness (QED) is 0.842. The molecule has 4 nitrogen and oxygen atoms in total. The number of halogens is 1. The predicted octanol–water partition coefficient (Wildman–Crippen LogP) is 3.97. The summed E-state index contributed by atoms with van der Waals surface area (Å²) in [5.74, 6) is 1.24. The number of ether oxygens (including phenoxy) is 1. The first kappa shape index (κ1) is 16.8. The number of rotatable bonds is 4. The fraction of sp³-hybridized carbons (Fsp3) is 0.368. The van der Waals surface area contributed by atoms with Gasteiger partial charge in [-0.25, -0.2) is 4.98 Å². The molecule has 1 aromatic carbocycles. The van der Waals surface area contributed by atoms with E-state index in [1.807, 2.05) is 24.0 Å². The number of nitrogens with zero attached hydrogens (tertiary/aromatic N) is 2. The van der Waals surface area contributed by atoms with Crippen LogP contribution in [0.4, 0.5) is 0 Å². The van der Waals surface area contributed by atoms with Gasteiger partial charge >= 0.3 is 0 Å².